The molecule has 1 atom stereocenters. The van der Waals surface area contributed by atoms with Gasteiger partial charge in [0.25, 0.3) is 0 Å². The number of Topliss-reactive ketones (excluding diaryl/α,β-unsaturated/α-hetero) is 3. The summed E-state index contributed by atoms with van der Waals surface area (Å²) >= 11 is 0. The van der Waals surface area contributed by atoms with Gasteiger partial charge in [0.1, 0.15) is 17.3 Å². The molecule has 0 aromatic rings. The van der Waals surface area contributed by atoms with Gasteiger partial charge in [0, 0.05) is 24.9 Å². The minimum atomic E-state index is -1.06. The fourth-order valence-electron chi connectivity index (χ4n) is 6.85. The van der Waals surface area contributed by atoms with E-state index in [-0.39, 0.29) is 23.0 Å². The Balaban J connectivity index is 5.85. The SMILES string of the molecule is CCOC(C)(C)CC(C)(C)OC(C)(C)C(=O)C(C)(C)CC(C)(C)OC(C)(C)C(C)(C)C(=O)C(C)OC(C)(C)C(=O)CC. The average molecular weight is 599 g/mol. The molecule has 0 aliphatic carbocycles. The summed E-state index contributed by atoms with van der Waals surface area (Å²) in [4.78, 5) is 40.0. The Morgan fingerprint density at radius 2 is 1.07 bits per heavy atom. The van der Waals surface area contributed by atoms with Gasteiger partial charge in [-0.3, -0.25) is 14.4 Å². The first-order chi connectivity index (χ1) is 18.3. The Kier molecular flexibility index (Phi) is 13.1. The van der Waals surface area contributed by atoms with E-state index in [0.717, 1.165) is 0 Å². The van der Waals surface area contributed by atoms with Gasteiger partial charge in [-0.05, 0) is 103 Å². The van der Waals surface area contributed by atoms with Crippen LogP contribution in [0.4, 0.5) is 0 Å². The zero-order chi connectivity index (χ0) is 34.0. The van der Waals surface area contributed by atoms with Crippen LogP contribution in [0.3, 0.4) is 0 Å². The van der Waals surface area contributed by atoms with Crippen LogP contribution in [0, 0.1) is 10.8 Å². The molecular formula is C35H66O7. The van der Waals surface area contributed by atoms with Crippen molar-refractivity contribution in [1.29, 1.82) is 0 Å². The Morgan fingerprint density at radius 3 is 1.50 bits per heavy atom. The number of carbonyl (C=O) groups excluding carboxylic acids is 3. The molecule has 7 nitrogen and oxygen atoms in total. The molecule has 248 valence electrons. The van der Waals surface area contributed by atoms with Crippen molar-refractivity contribution in [3.8, 4) is 0 Å². The Bertz CT molecular complexity index is 948. The fourth-order valence-corrected chi connectivity index (χ4v) is 6.85. The largest absolute Gasteiger partial charge is 0.376 e. The smallest absolute Gasteiger partial charge is 0.169 e. The second-order valence-electron chi connectivity index (χ2n) is 16.5. The van der Waals surface area contributed by atoms with Crippen LogP contribution in [0.2, 0.25) is 0 Å². The van der Waals surface area contributed by atoms with Gasteiger partial charge in [0.05, 0.1) is 27.8 Å². The molecule has 7 heteroatoms. The van der Waals surface area contributed by atoms with Crippen LogP contribution in [0.5, 0.6) is 0 Å². The number of ether oxygens (including phenoxy) is 4. The predicted molar refractivity (Wildman–Crippen MR) is 171 cm³/mol. The maximum atomic E-state index is 14.0. The normalized spacial score (nSPS) is 15.5. The average Bonchev–Trinajstić information content (AvgIpc) is 2.73. The number of carbonyl (C=O) groups is 3. The quantitative estimate of drug-likeness (QED) is 0.148. The highest BCUT2D eigenvalue weighted by atomic mass is 16.5. The van der Waals surface area contributed by atoms with Crippen molar-refractivity contribution >= 4 is 17.3 Å². The molecule has 42 heavy (non-hydrogen) atoms. The van der Waals surface area contributed by atoms with E-state index in [1.54, 1.807) is 27.7 Å². The summed E-state index contributed by atoms with van der Waals surface area (Å²) in [6, 6.07) is 0. The van der Waals surface area contributed by atoms with Crippen LogP contribution < -0.4 is 0 Å². The number of rotatable bonds is 19. The van der Waals surface area contributed by atoms with Crippen molar-refractivity contribution in [1.82, 2.24) is 0 Å². The van der Waals surface area contributed by atoms with Crippen LogP contribution >= 0.6 is 0 Å². The zero-order valence-corrected chi connectivity index (χ0v) is 30.8. The molecule has 1 unspecified atom stereocenters. The molecule has 0 fully saturated rings. The van der Waals surface area contributed by atoms with Crippen molar-refractivity contribution in [2.24, 2.45) is 10.8 Å². The van der Waals surface area contributed by atoms with Crippen LogP contribution in [0.15, 0.2) is 0 Å². The number of hydrogen-bond donors (Lipinski definition) is 0. The lowest BCUT2D eigenvalue weighted by molar-refractivity contribution is -0.202. The van der Waals surface area contributed by atoms with Gasteiger partial charge in [-0.25, -0.2) is 0 Å². The summed E-state index contributed by atoms with van der Waals surface area (Å²) in [5.41, 5.74) is -6.51. The van der Waals surface area contributed by atoms with Gasteiger partial charge in [-0.1, -0.05) is 34.6 Å². The maximum Gasteiger partial charge on any atom is 0.169 e. The maximum absolute atomic E-state index is 14.0. The topological polar surface area (TPSA) is 88.1 Å². The highest BCUT2D eigenvalue weighted by Crippen LogP contribution is 2.44. The minimum absolute atomic E-state index is 0.0213. The number of ketones is 3. The van der Waals surface area contributed by atoms with Crippen LogP contribution in [-0.2, 0) is 33.3 Å². The van der Waals surface area contributed by atoms with E-state index in [0.29, 0.717) is 25.9 Å². The summed E-state index contributed by atoms with van der Waals surface area (Å²) in [6.45, 7) is 36.4. The third-order valence-electron chi connectivity index (χ3n) is 8.43. The molecule has 0 N–H and O–H groups in total. The number of hydrogen-bond acceptors (Lipinski definition) is 7. The van der Waals surface area contributed by atoms with Crippen molar-refractivity contribution in [2.45, 2.75) is 191 Å². The third kappa shape index (κ3) is 11.1. The Labute approximate surface area is 258 Å². The van der Waals surface area contributed by atoms with Crippen molar-refractivity contribution in [3.05, 3.63) is 0 Å². The predicted octanol–water partition coefficient (Wildman–Crippen LogP) is 8.08. The van der Waals surface area contributed by atoms with Crippen molar-refractivity contribution < 1.29 is 33.3 Å². The highest BCUT2D eigenvalue weighted by Gasteiger charge is 2.51. The standard InChI is InChI=1S/C35H66O7/c1-20-25(36)33(14,15)40-24(3)26(37)32(12,13)35(18,19)42-30(8,9)22-28(4,5)27(38)34(16,17)41-31(10,11)23-29(6,7)39-21-2/h24H,20-23H2,1-19H3. The first-order valence-electron chi connectivity index (χ1n) is 15.7. The van der Waals surface area contributed by atoms with Crippen LogP contribution in [0.1, 0.15) is 151 Å². The molecule has 0 radical (unpaired) electrons. The van der Waals surface area contributed by atoms with Crippen LogP contribution in [0.25, 0.3) is 0 Å². The Hall–Kier alpha value is -1.15. The van der Waals surface area contributed by atoms with Gasteiger partial charge in [0.15, 0.2) is 17.3 Å². The van der Waals surface area contributed by atoms with E-state index in [1.165, 1.54) is 0 Å². The summed E-state index contributed by atoms with van der Waals surface area (Å²) in [6.07, 6.45) is 0.569. The van der Waals surface area contributed by atoms with E-state index in [2.05, 4.69) is 0 Å². The lowest BCUT2D eigenvalue weighted by atomic mass is 9.70. The molecule has 0 rings (SSSR count). The highest BCUT2D eigenvalue weighted by molar-refractivity contribution is 5.92. The lowest BCUT2D eigenvalue weighted by Crippen LogP contribution is -2.56. The molecule has 0 aliphatic rings. The Morgan fingerprint density at radius 1 is 0.619 bits per heavy atom. The molecule has 0 heterocycles. The first-order valence-corrected chi connectivity index (χ1v) is 15.7. The summed E-state index contributed by atoms with van der Waals surface area (Å²) in [5.74, 6) is -0.230. The summed E-state index contributed by atoms with van der Waals surface area (Å²) < 4.78 is 25.1. The molecule has 0 spiro atoms. The third-order valence-corrected chi connectivity index (χ3v) is 8.43. The molecule has 0 saturated heterocycles. The first kappa shape index (κ1) is 40.9. The van der Waals surface area contributed by atoms with E-state index in [1.807, 2.05) is 104 Å². The van der Waals surface area contributed by atoms with Crippen molar-refractivity contribution in [2.75, 3.05) is 6.61 Å². The van der Waals surface area contributed by atoms with Crippen LogP contribution in [-0.4, -0.2) is 63.7 Å². The monoisotopic (exact) mass is 598 g/mol. The van der Waals surface area contributed by atoms with Gasteiger partial charge in [0.2, 0.25) is 0 Å². The van der Waals surface area contributed by atoms with E-state index < -0.39 is 44.9 Å². The zero-order valence-electron chi connectivity index (χ0n) is 30.8. The van der Waals surface area contributed by atoms with Gasteiger partial charge in [-0.15, -0.1) is 0 Å². The van der Waals surface area contributed by atoms with Gasteiger partial charge < -0.3 is 18.9 Å². The van der Waals surface area contributed by atoms with Gasteiger partial charge >= 0.3 is 0 Å². The molecule has 0 aromatic heterocycles. The van der Waals surface area contributed by atoms with Crippen molar-refractivity contribution in [3.63, 3.8) is 0 Å². The van der Waals surface area contributed by atoms with E-state index in [4.69, 9.17) is 18.9 Å². The molecule has 0 amide bonds. The molecule has 0 bridgehead atoms. The summed E-state index contributed by atoms with van der Waals surface area (Å²) in [5, 5.41) is 0. The fraction of sp³-hybridized carbons (Fsp3) is 0.914. The second-order valence-corrected chi connectivity index (χ2v) is 16.5. The lowest BCUT2D eigenvalue weighted by Gasteiger charge is -2.48. The van der Waals surface area contributed by atoms with E-state index in [9.17, 15) is 14.4 Å². The van der Waals surface area contributed by atoms with E-state index >= 15 is 0 Å². The van der Waals surface area contributed by atoms with Gasteiger partial charge in [-0.2, -0.15) is 0 Å². The summed E-state index contributed by atoms with van der Waals surface area (Å²) in [7, 11) is 0. The minimum Gasteiger partial charge on any atom is -0.376 e. The second kappa shape index (κ2) is 13.5. The molecular weight excluding hydrogens is 532 g/mol. The molecule has 0 aliphatic heterocycles. The molecule has 0 aromatic carbocycles. The molecule has 0 saturated carbocycles.